The fraction of sp³-hybridized carbons (Fsp3) is 0.214. The van der Waals surface area contributed by atoms with Gasteiger partial charge in [0.25, 0.3) is 5.91 Å². The molecule has 0 aliphatic carbocycles. The number of fused-ring (bicyclic) bond motifs is 1. The SMILES string of the molecule is O=C(NCCC(O)C(=O)O)c1cc(=O)c2ccccc2o1. The Morgan fingerprint density at radius 2 is 2.00 bits per heavy atom. The number of aliphatic carboxylic acids is 1. The van der Waals surface area contributed by atoms with Crippen LogP contribution < -0.4 is 10.7 Å². The van der Waals surface area contributed by atoms with Gasteiger partial charge in [-0.1, -0.05) is 12.1 Å². The Morgan fingerprint density at radius 1 is 1.29 bits per heavy atom. The van der Waals surface area contributed by atoms with Crippen LogP contribution >= 0.6 is 0 Å². The fourth-order valence-electron chi connectivity index (χ4n) is 1.75. The van der Waals surface area contributed by atoms with Gasteiger partial charge in [0, 0.05) is 19.0 Å². The smallest absolute Gasteiger partial charge is 0.332 e. The highest BCUT2D eigenvalue weighted by molar-refractivity contribution is 5.93. The number of nitrogens with one attached hydrogen (secondary N) is 1. The average molecular weight is 291 g/mol. The highest BCUT2D eigenvalue weighted by Gasteiger charge is 2.15. The van der Waals surface area contributed by atoms with E-state index in [1.165, 1.54) is 0 Å². The summed E-state index contributed by atoms with van der Waals surface area (Å²) in [6.45, 7) is -0.0527. The number of hydrogen-bond acceptors (Lipinski definition) is 5. The summed E-state index contributed by atoms with van der Waals surface area (Å²) in [5, 5.41) is 20.3. The number of rotatable bonds is 5. The van der Waals surface area contributed by atoms with E-state index >= 15 is 0 Å². The van der Waals surface area contributed by atoms with Gasteiger partial charge in [0.05, 0.1) is 5.39 Å². The molecule has 1 amide bonds. The second-order valence-corrected chi connectivity index (χ2v) is 4.37. The Labute approximate surface area is 118 Å². The van der Waals surface area contributed by atoms with Gasteiger partial charge in [-0.25, -0.2) is 4.79 Å². The first-order valence-electron chi connectivity index (χ1n) is 6.21. The molecule has 7 heteroatoms. The van der Waals surface area contributed by atoms with Crippen molar-refractivity contribution in [2.45, 2.75) is 12.5 Å². The Morgan fingerprint density at radius 3 is 2.71 bits per heavy atom. The number of carbonyl (C=O) groups is 2. The van der Waals surface area contributed by atoms with Crippen molar-refractivity contribution in [1.29, 1.82) is 0 Å². The standard InChI is InChI=1S/C14H13NO6/c16-9(14(19)20)5-6-15-13(18)12-7-10(17)8-3-1-2-4-11(8)21-12/h1-4,7,9,16H,5-6H2,(H,15,18)(H,19,20). The van der Waals surface area contributed by atoms with E-state index in [0.29, 0.717) is 11.0 Å². The molecule has 0 saturated carbocycles. The van der Waals surface area contributed by atoms with Crippen molar-refractivity contribution in [2.24, 2.45) is 0 Å². The first-order chi connectivity index (χ1) is 9.99. The Bertz CT molecular complexity index is 736. The number of para-hydroxylation sites is 1. The zero-order chi connectivity index (χ0) is 15.4. The summed E-state index contributed by atoms with van der Waals surface area (Å²) in [6, 6.07) is 7.60. The number of carbonyl (C=O) groups excluding carboxylic acids is 1. The number of aliphatic hydroxyl groups excluding tert-OH is 1. The van der Waals surface area contributed by atoms with Gasteiger partial charge in [-0.05, 0) is 12.1 Å². The van der Waals surface area contributed by atoms with E-state index < -0.39 is 18.0 Å². The van der Waals surface area contributed by atoms with Crippen LogP contribution in [0.15, 0.2) is 39.5 Å². The Balaban J connectivity index is 2.10. The molecular weight excluding hydrogens is 278 g/mol. The number of carboxylic acids is 1. The highest BCUT2D eigenvalue weighted by Crippen LogP contribution is 2.11. The van der Waals surface area contributed by atoms with E-state index in [9.17, 15) is 14.4 Å². The maximum absolute atomic E-state index is 11.8. The van der Waals surface area contributed by atoms with E-state index in [4.69, 9.17) is 14.6 Å². The van der Waals surface area contributed by atoms with Gasteiger partial charge in [0.1, 0.15) is 5.58 Å². The molecule has 2 rings (SSSR count). The molecule has 1 unspecified atom stereocenters. The van der Waals surface area contributed by atoms with Crippen molar-refractivity contribution >= 4 is 22.8 Å². The third kappa shape index (κ3) is 3.46. The van der Waals surface area contributed by atoms with Gasteiger partial charge in [0.2, 0.25) is 0 Å². The van der Waals surface area contributed by atoms with Crippen LogP contribution in [0.2, 0.25) is 0 Å². The van der Waals surface area contributed by atoms with Crippen molar-refractivity contribution < 1.29 is 24.2 Å². The Kier molecular flexibility index (Phi) is 4.34. The van der Waals surface area contributed by atoms with E-state index in [1.807, 2.05) is 0 Å². The molecule has 1 atom stereocenters. The number of benzene rings is 1. The second-order valence-electron chi connectivity index (χ2n) is 4.37. The van der Waals surface area contributed by atoms with Crippen LogP contribution in [0.3, 0.4) is 0 Å². The molecule has 1 heterocycles. The predicted molar refractivity (Wildman–Crippen MR) is 73.1 cm³/mol. The zero-order valence-electron chi connectivity index (χ0n) is 10.9. The average Bonchev–Trinajstić information content (AvgIpc) is 2.46. The molecule has 0 radical (unpaired) electrons. The molecule has 0 aliphatic rings. The topological polar surface area (TPSA) is 117 Å². The minimum atomic E-state index is -1.55. The van der Waals surface area contributed by atoms with Gasteiger partial charge in [-0.2, -0.15) is 0 Å². The van der Waals surface area contributed by atoms with Crippen molar-refractivity contribution in [1.82, 2.24) is 5.32 Å². The summed E-state index contributed by atoms with van der Waals surface area (Å²) in [5.74, 6) is -2.17. The maximum atomic E-state index is 11.8. The maximum Gasteiger partial charge on any atom is 0.332 e. The molecule has 7 nitrogen and oxygen atoms in total. The summed E-state index contributed by atoms with van der Waals surface area (Å²) in [4.78, 5) is 34.1. The van der Waals surface area contributed by atoms with Crippen molar-refractivity contribution in [3.8, 4) is 0 Å². The monoisotopic (exact) mass is 291 g/mol. The molecule has 110 valence electrons. The first kappa shape index (κ1) is 14.7. The third-order valence-corrected chi connectivity index (χ3v) is 2.85. The normalized spacial score (nSPS) is 12.0. The van der Waals surface area contributed by atoms with Crippen LogP contribution in [0.5, 0.6) is 0 Å². The molecule has 0 aliphatic heterocycles. The van der Waals surface area contributed by atoms with Crippen LogP contribution in [0.1, 0.15) is 17.0 Å². The molecular formula is C14H13NO6. The lowest BCUT2D eigenvalue weighted by molar-refractivity contribution is -0.146. The lowest BCUT2D eigenvalue weighted by atomic mass is 10.2. The zero-order valence-corrected chi connectivity index (χ0v) is 10.9. The van der Waals surface area contributed by atoms with Crippen molar-refractivity contribution in [3.63, 3.8) is 0 Å². The van der Waals surface area contributed by atoms with Crippen LogP contribution in [-0.2, 0) is 4.79 Å². The van der Waals surface area contributed by atoms with Crippen molar-refractivity contribution in [3.05, 3.63) is 46.3 Å². The lowest BCUT2D eigenvalue weighted by Crippen LogP contribution is -2.30. The minimum Gasteiger partial charge on any atom is -0.479 e. The molecule has 2 aromatic rings. The van der Waals surface area contributed by atoms with Crippen LogP contribution in [0.25, 0.3) is 11.0 Å². The summed E-state index contributed by atoms with van der Waals surface area (Å²) in [7, 11) is 0. The fourth-order valence-corrected chi connectivity index (χ4v) is 1.75. The first-order valence-corrected chi connectivity index (χ1v) is 6.21. The number of amides is 1. The van der Waals surface area contributed by atoms with E-state index in [2.05, 4.69) is 5.32 Å². The largest absolute Gasteiger partial charge is 0.479 e. The van der Waals surface area contributed by atoms with Gasteiger partial charge in [-0.3, -0.25) is 9.59 Å². The molecule has 0 saturated heterocycles. The molecule has 0 spiro atoms. The van der Waals surface area contributed by atoms with Crippen LogP contribution in [0, 0.1) is 0 Å². The summed E-state index contributed by atoms with van der Waals surface area (Å²) in [5.41, 5.74) is -0.0479. The van der Waals surface area contributed by atoms with Gasteiger partial charge in [-0.15, -0.1) is 0 Å². The number of aliphatic hydroxyl groups is 1. The van der Waals surface area contributed by atoms with Gasteiger partial charge < -0.3 is 19.9 Å². The third-order valence-electron chi connectivity index (χ3n) is 2.85. The molecule has 0 fully saturated rings. The predicted octanol–water partition coefficient (Wildman–Crippen LogP) is 0.358. The van der Waals surface area contributed by atoms with Crippen molar-refractivity contribution in [2.75, 3.05) is 6.54 Å². The molecule has 1 aromatic carbocycles. The van der Waals surface area contributed by atoms with Crippen LogP contribution in [0.4, 0.5) is 0 Å². The highest BCUT2D eigenvalue weighted by atomic mass is 16.4. The number of carboxylic acid groups (broad SMARTS) is 1. The molecule has 21 heavy (non-hydrogen) atoms. The summed E-state index contributed by atoms with van der Waals surface area (Å²) < 4.78 is 5.32. The van der Waals surface area contributed by atoms with Gasteiger partial charge >= 0.3 is 5.97 Å². The number of hydrogen-bond donors (Lipinski definition) is 3. The van der Waals surface area contributed by atoms with E-state index in [0.717, 1.165) is 6.07 Å². The molecule has 3 N–H and O–H groups in total. The van der Waals surface area contributed by atoms with E-state index in [-0.39, 0.29) is 24.2 Å². The molecule has 0 bridgehead atoms. The summed E-state index contributed by atoms with van der Waals surface area (Å²) in [6.07, 6.45) is -1.69. The van der Waals surface area contributed by atoms with E-state index in [1.54, 1.807) is 24.3 Å². The second kappa shape index (κ2) is 6.19. The van der Waals surface area contributed by atoms with Gasteiger partial charge in [0.15, 0.2) is 17.3 Å². The lowest BCUT2D eigenvalue weighted by Gasteiger charge is -2.07. The van der Waals surface area contributed by atoms with Crippen LogP contribution in [-0.4, -0.2) is 34.7 Å². The quantitative estimate of drug-likeness (QED) is 0.732. The molecule has 1 aromatic heterocycles. The Hall–Kier alpha value is -2.67. The minimum absolute atomic E-state index is 0.0527. The summed E-state index contributed by atoms with van der Waals surface area (Å²) >= 11 is 0.